The first-order chi connectivity index (χ1) is 9.75. The van der Waals surface area contributed by atoms with Crippen molar-refractivity contribution < 1.29 is 0 Å². The lowest BCUT2D eigenvalue weighted by molar-refractivity contribution is 0.469. The number of hydrogen-bond donors (Lipinski definition) is 1. The molecule has 104 valence electrons. The van der Waals surface area contributed by atoms with Crippen molar-refractivity contribution in [3.63, 3.8) is 0 Å². The maximum Gasteiger partial charge on any atom is 0.135 e. The van der Waals surface area contributed by atoms with Crippen LogP contribution in [0.25, 0.3) is 0 Å². The van der Waals surface area contributed by atoms with Crippen LogP contribution >= 0.6 is 0 Å². The summed E-state index contributed by atoms with van der Waals surface area (Å²) in [7, 11) is 0. The molecule has 2 heterocycles. The Kier molecular flexibility index (Phi) is 3.65. The number of anilines is 1. The van der Waals surface area contributed by atoms with Crippen molar-refractivity contribution in [1.82, 2.24) is 15.3 Å². The van der Waals surface area contributed by atoms with Gasteiger partial charge >= 0.3 is 0 Å². The van der Waals surface area contributed by atoms with Gasteiger partial charge in [-0.1, -0.05) is 30.3 Å². The van der Waals surface area contributed by atoms with Crippen molar-refractivity contribution in [1.29, 1.82) is 0 Å². The smallest absolute Gasteiger partial charge is 0.135 e. The van der Waals surface area contributed by atoms with E-state index in [0.29, 0.717) is 6.04 Å². The highest BCUT2D eigenvalue weighted by Crippen LogP contribution is 2.24. The van der Waals surface area contributed by atoms with Crippen LogP contribution in [0.15, 0.2) is 36.7 Å². The molecule has 0 spiro atoms. The van der Waals surface area contributed by atoms with Crippen molar-refractivity contribution in [3.8, 4) is 0 Å². The summed E-state index contributed by atoms with van der Waals surface area (Å²) in [5, 5.41) is 3.58. The van der Waals surface area contributed by atoms with E-state index in [0.717, 1.165) is 31.1 Å². The molecule has 4 nitrogen and oxygen atoms in total. The molecule has 0 unspecified atom stereocenters. The quantitative estimate of drug-likeness (QED) is 0.907. The Morgan fingerprint density at radius 2 is 1.95 bits per heavy atom. The molecule has 1 atom stereocenters. The summed E-state index contributed by atoms with van der Waals surface area (Å²) in [4.78, 5) is 11.1. The summed E-state index contributed by atoms with van der Waals surface area (Å²) >= 11 is 0. The first kappa shape index (κ1) is 13.1. The molecular formula is C16H20N4. The van der Waals surface area contributed by atoms with Crippen LogP contribution in [0, 0.1) is 13.8 Å². The molecule has 2 aromatic rings. The molecule has 0 radical (unpaired) electrons. The Hall–Kier alpha value is -1.94. The highest BCUT2D eigenvalue weighted by Gasteiger charge is 2.22. The van der Waals surface area contributed by atoms with Gasteiger partial charge in [-0.3, -0.25) is 0 Å². The van der Waals surface area contributed by atoms with E-state index in [1.807, 2.05) is 6.92 Å². The summed E-state index contributed by atoms with van der Waals surface area (Å²) in [6.07, 6.45) is 1.66. The molecule has 0 aliphatic carbocycles. The van der Waals surface area contributed by atoms with Gasteiger partial charge in [0.05, 0.1) is 0 Å². The second kappa shape index (κ2) is 5.59. The molecule has 1 aromatic heterocycles. The summed E-state index contributed by atoms with van der Waals surface area (Å²) in [6, 6.07) is 11.0. The number of nitrogens with one attached hydrogen (secondary N) is 1. The van der Waals surface area contributed by atoms with Gasteiger partial charge in [0.15, 0.2) is 0 Å². The molecular weight excluding hydrogens is 248 g/mol. The van der Waals surface area contributed by atoms with E-state index >= 15 is 0 Å². The lowest BCUT2D eigenvalue weighted by atomic mass is 10.0. The Bertz CT molecular complexity index is 582. The van der Waals surface area contributed by atoms with Crippen molar-refractivity contribution >= 4 is 5.82 Å². The number of rotatable bonds is 2. The van der Waals surface area contributed by atoms with Crippen LogP contribution in [-0.4, -0.2) is 29.6 Å². The predicted octanol–water partition coefficient (Wildman–Crippen LogP) is 2.24. The van der Waals surface area contributed by atoms with Crippen molar-refractivity contribution in [2.75, 3.05) is 24.5 Å². The third kappa shape index (κ3) is 2.51. The van der Waals surface area contributed by atoms with Crippen LogP contribution in [0.4, 0.5) is 5.82 Å². The summed E-state index contributed by atoms with van der Waals surface area (Å²) in [5.74, 6) is 1.07. The van der Waals surface area contributed by atoms with Crippen LogP contribution in [0.5, 0.6) is 0 Å². The molecule has 0 amide bonds. The van der Waals surface area contributed by atoms with Gasteiger partial charge in [-0.15, -0.1) is 0 Å². The minimum Gasteiger partial charge on any atom is -0.353 e. The average molecular weight is 268 g/mol. The second-order valence-electron chi connectivity index (χ2n) is 5.27. The van der Waals surface area contributed by atoms with Gasteiger partial charge in [0, 0.05) is 36.9 Å². The summed E-state index contributed by atoms with van der Waals surface area (Å²) < 4.78 is 0. The lowest BCUT2D eigenvalue weighted by Gasteiger charge is -2.35. The zero-order valence-corrected chi connectivity index (χ0v) is 12.0. The molecule has 3 rings (SSSR count). The van der Waals surface area contributed by atoms with Gasteiger partial charge in [-0.2, -0.15) is 0 Å². The van der Waals surface area contributed by atoms with Gasteiger partial charge < -0.3 is 10.2 Å². The third-order valence-electron chi connectivity index (χ3n) is 3.99. The Labute approximate surface area is 119 Å². The zero-order chi connectivity index (χ0) is 13.9. The standard InChI is InChI=1S/C16H20N4/c1-12-13(2)18-11-19-16(12)20-9-8-17-15(10-20)14-6-4-3-5-7-14/h3-7,11,15,17H,8-10H2,1-2H3/t15-/m0/s1. The van der Waals surface area contributed by atoms with Gasteiger partial charge in [0.1, 0.15) is 12.1 Å². The molecule has 1 saturated heterocycles. The number of nitrogens with zero attached hydrogens (tertiary/aromatic N) is 3. The van der Waals surface area contributed by atoms with Crippen LogP contribution < -0.4 is 10.2 Å². The topological polar surface area (TPSA) is 41.1 Å². The molecule has 20 heavy (non-hydrogen) atoms. The molecule has 1 aliphatic rings. The van der Waals surface area contributed by atoms with E-state index in [9.17, 15) is 0 Å². The third-order valence-corrected chi connectivity index (χ3v) is 3.99. The molecule has 4 heteroatoms. The zero-order valence-electron chi connectivity index (χ0n) is 12.0. The van der Waals surface area contributed by atoms with E-state index in [1.54, 1.807) is 6.33 Å². The van der Waals surface area contributed by atoms with Crippen molar-refractivity contribution in [3.05, 3.63) is 53.5 Å². The highest BCUT2D eigenvalue weighted by atomic mass is 15.2. The average Bonchev–Trinajstić information content (AvgIpc) is 2.51. The summed E-state index contributed by atoms with van der Waals surface area (Å²) in [6.45, 7) is 7.05. The van der Waals surface area contributed by atoms with Gasteiger partial charge in [0.2, 0.25) is 0 Å². The van der Waals surface area contributed by atoms with Crippen LogP contribution in [-0.2, 0) is 0 Å². The Morgan fingerprint density at radius 3 is 2.75 bits per heavy atom. The molecule has 1 aromatic carbocycles. The van der Waals surface area contributed by atoms with Crippen LogP contribution in [0.2, 0.25) is 0 Å². The molecule has 0 bridgehead atoms. The molecule has 1 N–H and O–H groups in total. The van der Waals surface area contributed by atoms with E-state index in [4.69, 9.17) is 0 Å². The van der Waals surface area contributed by atoms with Gasteiger partial charge in [-0.05, 0) is 19.4 Å². The normalized spacial score (nSPS) is 19.1. The van der Waals surface area contributed by atoms with Gasteiger partial charge in [0.25, 0.3) is 0 Å². The largest absolute Gasteiger partial charge is 0.353 e. The minimum atomic E-state index is 0.361. The maximum atomic E-state index is 4.48. The van der Waals surface area contributed by atoms with Crippen molar-refractivity contribution in [2.45, 2.75) is 19.9 Å². The first-order valence-corrected chi connectivity index (χ1v) is 7.07. The fourth-order valence-corrected chi connectivity index (χ4v) is 2.70. The number of benzene rings is 1. The number of piperazine rings is 1. The fraction of sp³-hybridized carbons (Fsp3) is 0.375. The number of aromatic nitrogens is 2. The SMILES string of the molecule is Cc1ncnc(N2CCN[C@H](c3ccccc3)C2)c1C. The number of hydrogen-bond acceptors (Lipinski definition) is 4. The molecule has 1 fully saturated rings. The van der Waals surface area contributed by atoms with E-state index < -0.39 is 0 Å². The van der Waals surface area contributed by atoms with E-state index in [-0.39, 0.29) is 0 Å². The van der Waals surface area contributed by atoms with Crippen LogP contribution in [0.1, 0.15) is 22.9 Å². The summed E-state index contributed by atoms with van der Waals surface area (Å²) in [5.41, 5.74) is 3.58. The Balaban J connectivity index is 1.83. The lowest BCUT2D eigenvalue weighted by Crippen LogP contribution is -2.46. The molecule has 0 saturated carbocycles. The predicted molar refractivity (Wildman–Crippen MR) is 80.9 cm³/mol. The minimum absolute atomic E-state index is 0.361. The number of aryl methyl sites for hydroxylation is 1. The first-order valence-electron chi connectivity index (χ1n) is 7.07. The van der Waals surface area contributed by atoms with Gasteiger partial charge in [-0.25, -0.2) is 9.97 Å². The van der Waals surface area contributed by atoms with E-state index in [1.165, 1.54) is 11.1 Å². The highest BCUT2D eigenvalue weighted by molar-refractivity contribution is 5.48. The molecule has 1 aliphatic heterocycles. The van der Waals surface area contributed by atoms with E-state index in [2.05, 4.69) is 57.4 Å². The monoisotopic (exact) mass is 268 g/mol. The van der Waals surface area contributed by atoms with Crippen molar-refractivity contribution in [2.24, 2.45) is 0 Å². The van der Waals surface area contributed by atoms with Crippen LogP contribution in [0.3, 0.4) is 0 Å². The second-order valence-corrected chi connectivity index (χ2v) is 5.27. The Morgan fingerprint density at radius 1 is 1.15 bits per heavy atom. The maximum absolute atomic E-state index is 4.48. The fourth-order valence-electron chi connectivity index (χ4n) is 2.70.